The van der Waals surface area contributed by atoms with Gasteiger partial charge in [-0.2, -0.15) is 9.99 Å². The monoisotopic (exact) mass is 287 g/mol. The lowest BCUT2D eigenvalue weighted by molar-refractivity contribution is 0.0476. The molecule has 21 heavy (non-hydrogen) atoms. The van der Waals surface area contributed by atoms with Gasteiger partial charge in [-0.1, -0.05) is 0 Å². The molecule has 0 fully saturated rings. The summed E-state index contributed by atoms with van der Waals surface area (Å²) in [6.45, 7) is 3.40. The third-order valence-corrected chi connectivity index (χ3v) is 2.87. The Hall–Kier alpha value is -3.01. The number of hydrogen-bond acceptors (Lipinski definition) is 6. The number of aromatic hydroxyl groups is 1. The van der Waals surface area contributed by atoms with Crippen molar-refractivity contribution < 1.29 is 19.8 Å². The van der Waals surface area contributed by atoms with Gasteiger partial charge in [-0.25, -0.2) is 9.78 Å². The number of aromatic nitrogens is 2. The first-order chi connectivity index (χ1) is 9.99. The van der Waals surface area contributed by atoms with Gasteiger partial charge in [-0.3, -0.25) is 0 Å². The molecule has 2 N–H and O–H groups in total. The minimum atomic E-state index is -0.685. The molecule has 0 radical (unpaired) electrons. The van der Waals surface area contributed by atoms with Gasteiger partial charge in [-0.15, -0.1) is 0 Å². The smallest absolute Gasteiger partial charge is 0.360 e. The van der Waals surface area contributed by atoms with E-state index in [0.717, 1.165) is 0 Å². The molecule has 2 aromatic rings. The van der Waals surface area contributed by atoms with Gasteiger partial charge in [0.1, 0.15) is 11.8 Å². The summed E-state index contributed by atoms with van der Waals surface area (Å²) in [5.41, 5.74) is 0.673. The maximum absolute atomic E-state index is 11.8. The minimum absolute atomic E-state index is 0.0471. The molecule has 0 spiro atoms. The van der Waals surface area contributed by atoms with Gasteiger partial charge in [-0.05, 0) is 32.0 Å². The zero-order valence-electron chi connectivity index (χ0n) is 11.5. The van der Waals surface area contributed by atoms with E-state index in [4.69, 9.17) is 10.00 Å². The molecule has 0 aliphatic rings. The number of nitrogens with zero attached hydrogens (tertiary/aromatic N) is 3. The molecule has 0 saturated carbocycles. The van der Waals surface area contributed by atoms with E-state index in [1.165, 1.54) is 18.2 Å². The van der Waals surface area contributed by atoms with Gasteiger partial charge >= 0.3 is 5.97 Å². The van der Waals surface area contributed by atoms with Gasteiger partial charge in [0.25, 0.3) is 0 Å². The minimum Gasteiger partial charge on any atom is -0.507 e. The molecule has 1 aromatic heterocycles. The highest BCUT2D eigenvalue weighted by atomic mass is 16.5. The first kappa shape index (κ1) is 14.4. The van der Waals surface area contributed by atoms with Crippen molar-refractivity contribution in [2.24, 2.45) is 0 Å². The van der Waals surface area contributed by atoms with Crippen LogP contribution in [0.15, 0.2) is 18.2 Å². The van der Waals surface area contributed by atoms with Crippen molar-refractivity contribution in [1.82, 2.24) is 9.71 Å². The van der Waals surface area contributed by atoms with Crippen LogP contribution in [0.2, 0.25) is 0 Å². The van der Waals surface area contributed by atoms with Crippen LogP contribution >= 0.6 is 0 Å². The van der Waals surface area contributed by atoms with Crippen LogP contribution in [-0.4, -0.2) is 32.6 Å². The lowest BCUT2D eigenvalue weighted by Crippen LogP contribution is -2.12. The van der Waals surface area contributed by atoms with E-state index in [9.17, 15) is 15.1 Å². The molecule has 108 valence electrons. The average molecular weight is 287 g/mol. The fourth-order valence-corrected chi connectivity index (χ4v) is 1.90. The first-order valence-corrected chi connectivity index (χ1v) is 6.18. The fourth-order valence-electron chi connectivity index (χ4n) is 1.90. The Morgan fingerprint density at radius 2 is 2.24 bits per heavy atom. The number of phenols is 1. The summed E-state index contributed by atoms with van der Waals surface area (Å²) in [5.74, 6) is -0.762. The molecule has 0 amide bonds. The largest absolute Gasteiger partial charge is 0.507 e. The third kappa shape index (κ3) is 2.51. The number of carbonyl (C=O) groups is 1. The lowest BCUT2D eigenvalue weighted by Gasteiger charge is -2.05. The van der Waals surface area contributed by atoms with Gasteiger partial charge in [0, 0.05) is 5.56 Å². The van der Waals surface area contributed by atoms with E-state index in [0.29, 0.717) is 16.0 Å². The highest BCUT2D eigenvalue weighted by Crippen LogP contribution is 2.26. The molecule has 0 bridgehead atoms. The average Bonchev–Trinajstić information content (AvgIpc) is 2.75. The van der Waals surface area contributed by atoms with Crippen molar-refractivity contribution in [3.63, 3.8) is 0 Å². The zero-order chi connectivity index (χ0) is 15.6. The molecular formula is C14H13N3O4. The Bertz CT molecular complexity index is 743. The van der Waals surface area contributed by atoms with E-state index < -0.39 is 5.97 Å². The second-order valence-corrected chi connectivity index (χ2v) is 4.25. The quantitative estimate of drug-likeness (QED) is 0.658. The molecule has 0 saturated heterocycles. The Morgan fingerprint density at radius 1 is 1.52 bits per heavy atom. The van der Waals surface area contributed by atoms with Crippen molar-refractivity contribution in [1.29, 1.82) is 5.26 Å². The predicted molar refractivity (Wildman–Crippen MR) is 71.9 cm³/mol. The summed E-state index contributed by atoms with van der Waals surface area (Å²) in [6, 6.07) is 6.01. The number of esters is 1. The van der Waals surface area contributed by atoms with Crippen LogP contribution in [0.3, 0.4) is 0 Å². The van der Waals surface area contributed by atoms with Gasteiger partial charge < -0.3 is 15.1 Å². The Labute approximate surface area is 120 Å². The molecule has 7 heteroatoms. The van der Waals surface area contributed by atoms with Crippen molar-refractivity contribution in [3.8, 4) is 23.2 Å². The van der Waals surface area contributed by atoms with Gasteiger partial charge in [0.15, 0.2) is 11.5 Å². The summed E-state index contributed by atoms with van der Waals surface area (Å²) >= 11 is 0. The number of rotatable bonds is 3. The fraction of sp³-hybridized carbons (Fsp3) is 0.214. The number of benzene rings is 1. The normalized spacial score (nSPS) is 10.1. The Balaban J connectivity index is 2.54. The number of hydrogen-bond donors (Lipinski definition) is 2. The topological polar surface area (TPSA) is 108 Å². The van der Waals surface area contributed by atoms with E-state index >= 15 is 0 Å². The molecule has 7 nitrogen and oxygen atoms in total. The first-order valence-electron chi connectivity index (χ1n) is 6.18. The summed E-state index contributed by atoms with van der Waals surface area (Å²) < 4.78 is 5.48. The van der Waals surface area contributed by atoms with Crippen LogP contribution in [0.1, 0.15) is 28.7 Å². The van der Waals surface area contributed by atoms with Gasteiger partial charge in [0.2, 0.25) is 0 Å². The van der Waals surface area contributed by atoms with E-state index in [1.54, 1.807) is 13.8 Å². The number of nitriles is 1. The number of imidazole rings is 1. The molecule has 2 rings (SSSR count). The van der Waals surface area contributed by atoms with Crippen LogP contribution < -0.4 is 0 Å². The molecule has 0 unspecified atom stereocenters. The summed E-state index contributed by atoms with van der Waals surface area (Å²) in [4.78, 5) is 15.9. The van der Waals surface area contributed by atoms with E-state index in [2.05, 4.69) is 4.98 Å². The van der Waals surface area contributed by atoms with Crippen LogP contribution in [0.5, 0.6) is 5.75 Å². The van der Waals surface area contributed by atoms with Crippen LogP contribution in [0, 0.1) is 18.3 Å². The van der Waals surface area contributed by atoms with Gasteiger partial charge in [0.05, 0.1) is 17.9 Å². The van der Waals surface area contributed by atoms with E-state index in [1.807, 2.05) is 6.07 Å². The van der Waals surface area contributed by atoms with Crippen molar-refractivity contribution in [3.05, 3.63) is 35.2 Å². The zero-order valence-corrected chi connectivity index (χ0v) is 11.5. The maximum atomic E-state index is 11.8. The second kappa shape index (κ2) is 5.54. The van der Waals surface area contributed by atoms with Crippen molar-refractivity contribution in [2.75, 3.05) is 6.61 Å². The number of ether oxygens (including phenoxy) is 1. The number of phenolic OH excluding ortho intramolecular Hbond substituents is 1. The van der Waals surface area contributed by atoms with E-state index in [-0.39, 0.29) is 29.4 Å². The molecule has 1 aromatic carbocycles. The van der Waals surface area contributed by atoms with Crippen LogP contribution in [0.4, 0.5) is 0 Å². The number of carbonyl (C=O) groups excluding carboxylic acids is 1. The summed E-state index contributed by atoms with van der Waals surface area (Å²) in [5, 5.41) is 28.5. The molecule has 0 aliphatic carbocycles. The molecular weight excluding hydrogens is 274 g/mol. The summed E-state index contributed by atoms with van der Waals surface area (Å²) in [6.07, 6.45) is 0. The molecule has 0 aliphatic heterocycles. The van der Waals surface area contributed by atoms with Crippen molar-refractivity contribution in [2.45, 2.75) is 13.8 Å². The third-order valence-electron chi connectivity index (χ3n) is 2.87. The Kier molecular flexibility index (Phi) is 3.80. The maximum Gasteiger partial charge on any atom is 0.360 e. The molecule has 1 heterocycles. The standard InChI is InChI=1S/C14H13N3O4/c1-3-21-14(19)12-8(2)16-13(17(12)20)9-4-5-11(18)10(6-9)7-15/h4-6,18,20H,3H2,1-2H3. The van der Waals surface area contributed by atoms with Crippen molar-refractivity contribution >= 4 is 5.97 Å². The summed E-state index contributed by atoms with van der Waals surface area (Å²) in [7, 11) is 0. The predicted octanol–water partition coefficient (Wildman–Crippen LogP) is 1.85. The second-order valence-electron chi connectivity index (χ2n) is 4.25. The van der Waals surface area contributed by atoms with Crippen LogP contribution in [0.25, 0.3) is 11.4 Å². The highest BCUT2D eigenvalue weighted by molar-refractivity contribution is 5.89. The number of aryl methyl sites for hydroxylation is 1. The molecule has 0 atom stereocenters. The lowest BCUT2D eigenvalue weighted by atomic mass is 10.1. The highest BCUT2D eigenvalue weighted by Gasteiger charge is 2.23. The Morgan fingerprint density at radius 3 is 2.86 bits per heavy atom. The van der Waals surface area contributed by atoms with Crippen LogP contribution in [-0.2, 0) is 4.74 Å². The SMILES string of the molecule is CCOC(=O)c1c(C)nc(-c2ccc(O)c(C#N)c2)n1O.